The van der Waals surface area contributed by atoms with Crippen LogP contribution in [0.5, 0.6) is 0 Å². The molecular formula is C25H34N8O3S. The summed E-state index contributed by atoms with van der Waals surface area (Å²) in [5, 5.41) is 17.9. The Morgan fingerprint density at radius 2 is 1.86 bits per heavy atom. The van der Waals surface area contributed by atoms with Crippen LogP contribution < -0.4 is 22.1 Å². The minimum atomic E-state index is -3.52. The summed E-state index contributed by atoms with van der Waals surface area (Å²) >= 11 is 0. The fourth-order valence-electron chi connectivity index (χ4n) is 3.56. The van der Waals surface area contributed by atoms with Gasteiger partial charge in [-0.1, -0.05) is 37.6 Å². The number of nitrogen functional groups attached to an aromatic ring is 2. The molecule has 12 heteroatoms. The van der Waals surface area contributed by atoms with Crippen LogP contribution in [0.1, 0.15) is 44.7 Å². The first-order valence-corrected chi connectivity index (χ1v) is 13.7. The topological polar surface area (TPSA) is 182 Å². The third-order valence-corrected chi connectivity index (χ3v) is 7.23. The number of rotatable bonds is 12. The number of benzene rings is 2. The summed E-state index contributed by atoms with van der Waals surface area (Å²) in [5.41, 5.74) is 13.7. The molecule has 11 nitrogen and oxygen atoms in total. The molecule has 198 valence electrons. The number of carbonyl (C=O) groups is 1. The maximum atomic E-state index is 12.8. The van der Waals surface area contributed by atoms with Crippen molar-refractivity contribution >= 4 is 33.2 Å². The minimum absolute atomic E-state index is 0.0229. The van der Waals surface area contributed by atoms with E-state index in [1.807, 2.05) is 20.8 Å². The molecule has 3 rings (SSSR count). The number of unbranched alkanes of at least 4 members (excludes halogenated alkanes) is 1. The summed E-state index contributed by atoms with van der Waals surface area (Å²) in [5.74, 6) is 0.328. The quantitative estimate of drug-likeness (QED) is 0.135. The molecule has 0 aliphatic carbocycles. The highest BCUT2D eigenvalue weighted by atomic mass is 32.2. The largest absolute Gasteiger partial charge is 0.399 e. The molecule has 0 aliphatic rings. The molecule has 0 spiro atoms. The Balaban J connectivity index is 1.86. The fourth-order valence-corrected chi connectivity index (χ4v) is 5.09. The van der Waals surface area contributed by atoms with Gasteiger partial charge in [-0.15, -0.1) is 5.10 Å². The summed E-state index contributed by atoms with van der Waals surface area (Å²) in [6, 6.07) is 11.6. The standard InChI is InChI=1S/C25H34N8O3S/c1-4-5-10-37(35,36)21-12-19(11-20(26)13-21)24-31-25(30-16(2)3)32-33(24)15-22(34)29-14-17-6-8-18(9-7-17)23(27)28/h6-9,11-13,16H,4-5,10,14-15,26H2,1-3H3,(H3,27,28)(H,29,34)(H,30,32). The lowest BCUT2D eigenvalue weighted by Crippen LogP contribution is -2.28. The van der Waals surface area contributed by atoms with Crippen LogP contribution in [-0.4, -0.2) is 46.7 Å². The van der Waals surface area contributed by atoms with Gasteiger partial charge in [0.2, 0.25) is 11.9 Å². The maximum absolute atomic E-state index is 12.8. The average molecular weight is 527 g/mol. The van der Waals surface area contributed by atoms with Gasteiger partial charge in [-0.25, -0.2) is 13.1 Å². The number of anilines is 2. The van der Waals surface area contributed by atoms with Gasteiger partial charge in [-0.05, 0) is 44.0 Å². The summed E-state index contributed by atoms with van der Waals surface area (Å²) < 4.78 is 27.1. The molecule has 1 amide bonds. The van der Waals surface area contributed by atoms with Crippen LogP contribution in [0.15, 0.2) is 47.4 Å². The Morgan fingerprint density at radius 3 is 2.49 bits per heavy atom. The molecule has 0 bridgehead atoms. The number of carbonyl (C=O) groups excluding carboxylic acids is 1. The van der Waals surface area contributed by atoms with Gasteiger partial charge in [0.25, 0.3) is 0 Å². The first kappa shape index (κ1) is 27.7. The predicted molar refractivity (Wildman–Crippen MR) is 145 cm³/mol. The Morgan fingerprint density at radius 1 is 1.16 bits per heavy atom. The number of hydrogen-bond acceptors (Lipinski definition) is 8. The van der Waals surface area contributed by atoms with E-state index in [9.17, 15) is 13.2 Å². The Labute approximate surface area is 217 Å². The molecule has 0 saturated heterocycles. The van der Waals surface area contributed by atoms with Crippen molar-refractivity contribution in [3.05, 3.63) is 53.6 Å². The second kappa shape index (κ2) is 11.9. The van der Waals surface area contributed by atoms with Gasteiger partial charge in [0.1, 0.15) is 12.4 Å². The molecule has 0 fully saturated rings. The van der Waals surface area contributed by atoms with E-state index in [2.05, 4.69) is 20.7 Å². The zero-order valence-corrected chi connectivity index (χ0v) is 22.1. The van der Waals surface area contributed by atoms with Gasteiger partial charge in [0, 0.05) is 29.4 Å². The van der Waals surface area contributed by atoms with Crippen LogP contribution in [0.4, 0.5) is 11.6 Å². The lowest BCUT2D eigenvalue weighted by atomic mass is 10.1. The molecule has 0 aliphatic heterocycles. The number of nitrogens with zero attached hydrogens (tertiary/aromatic N) is 3. The van der Waals surface area contributed by atoms with Crippen molar-refractivity contribution in [2.75, 3.05) is 16.8 Å². The van der Waals surface area contributed by atoms with Crippen LogP contribution in [0.3, 0.4) is 0 Å². The summed E-state index contributed by atoms with van der Waals surface area (Å²) in [6.07, 6.45) is 1.30. The lowest BCUT2D eigenvalue weighted by molar-refractivity contribution is -0.122. The number of nitrogens with two attached hydrogens (primary N) is 2. The highest BCUT2D eigenvalue weighted by Gasteiger charge is 2.20. The van der Waals surface area contributed by atoms with Crippen molar-refractivity contribution in [2.45, 2.75) is 57.6 Å². The molecule has 2 aromatic carbocycles. The van der Waals surface area contributed by atoms with Crippen molar-refractivity contribution in [1.82, 2.24) is 20.1 Å². The predicted octanol–water partition coefficient (Wildman–Crippen LogP) is 2.52. The number of amides is 1. The smallest absolute Gasteiger partial charge is 0.242 e. The van der Waals surface area contributed by atoms with E-state index in [1.165, 1.54) is 16.8 Å². The molecular weight excluding hydrogens is 492 g/mol. The van der Waals surface area contributed by atoms with E-state index in [-0.39, 0.29) is 47.2 Å². The first-order valence-electron chi connectivity index (χ1n) is 12.0. The molecule has 0 radical (unpaired) electrons. The van der Waals surface area contributed by atoms with E-state index in [0.717, 1.165) is 12.0 Å². The van der Waals surface area contributed by atoms with Crippen LogP contribution in [-0.2, 0) is 27.7 Å². The Bertz CT molecular complexity index is 1370. The maximum Gasteiger partial charge on any atom is 0.242 e. The third-order valence-electron chi connectivity index (χ3n) is 5.45. The highest BCUT2D eigenvalue weighted by molar-refractivity contribution is 7.91. The Hall–Kier alpha value is -3.93. The van der Waals surface area contributed by atoms with E-state index < -0.39 is 9.84 Å². The van der Waals surface area contributed by atoms with Crippen molar-refractivity contribution in [3.8, 4) is 11.4 Å². The fraction of sp³-hybridized carbons (Fsp3) is 0.360. The SMILES string of the molecule is CCCCS(=O)(=O)c1cc(N)cc(-c2nc(NC(C)C)nn2CC(=O)NCc2ccc(C(=N)N)cc2)c1. The van der Waals surface area contributed by atoms with Gasteiger partial charge in [0.15, 0.2) is 15.7 Å². The summed E-state index contributed by atoms with van der Waals surface area (Å²) in [7, 11) is -3.52. The molecule has 0 unspecified atom stereocenters. The number of nitrogens with one attached hydrogen (secondary N) is 3. The molecule has 0 saturated carbocycles. The molecule has 1 aromatic heterocycles. The number of sulfone groups is 1. The van der Waals surface area contributed by atoms with Crippen LogP contribution in [0.25, 0.3) is 11.4 Å². The lowest BCUT2D eigenvalue weighted by Gasteiger charge is -2.10. The third kappa shape index (κ3) is 7.53. The molecule has 7 N–H and O–H groups in total. The van der Waals surface area contributed by atoms with Gasteiger partial charge in [0.05, 0.1) is 10.6 Å². The molecule has 37 heavy (non-hydrogen) atoms. The number of aromatic nitrogens is 3. The van der Waals surface area contributed by atoms with Crippen LogP contribution in [0.2, 0.25) is 0 Å². The average Bonchev–Trinajstić information content (AvgIpc) is 3.22. The Kier molecular flexibility index (Phi) is 8.87. The second-order valence-corrected chi connectivity index (χ2v) is 11.2. The van der Waals surface area contributed by atoms with E-state index in [4.69, 9.17) is 16.9 Å². The van der Waals surface area contributed by atoms with E-state index >= 15 is 0 Å². The number of amidine groups is 1. The molecule has 1 heterocycles. The highest BCUT2D eigenvalue weighted by Crippen LogP contribution is 2.27. The van der Waals surface area contributed by atoms with Gasteiger partial charge in [-0.2, -0.15) is 4.98 Å². The minimum Gasteiger partial charge on any atom is -0.399 e. The number of hydrogen-bond donors (Lipinski definition) is 5. The normalized spacial score (nSPS) is 11.5. The first-order chi connectivity index (χ1) is 17.5. The zero-order chi connectivity index (χ0) is 27.2. The summed E-state index contributed by atoms with van der Waals surface area (Å²) in [4.78, 5) is 17.4. The van der Waals surface area contributed by atoms with Crippen molar-refractivity contribution in [1.29, 1.82) is 5.41 Å². The van der Waals surface area contributed by atoms with Crippen molar-refractivity contribution in [2.24, 2.45) is 5.73 Å². The van der Waals surface area contributed by atoms with E-state index in [0.29, 0.717) is 29.3 Å². The monoisotopic (exact) mass is 526 g/mol. The van der Waals surface area contributed by atoms with Crippen molar-refractivity contribution in [3.63, 3.8) is 0 Å². The van der Waals surface area contributed by atoms with Crippen LogP contribution >= 0.6 is 0 Å². The van der Waals surface area contributed by atoms with Gasteiger partial charge < -0.3 is 22.1 Å². The van der Waals surface area contributed by atoms with Crippen LogP contribution in [0, 0.1) is 5.41 Å². The molecule has 3 aromatic rings. The summed E-state index contributed by atoms with van der Waals surface area (Å²) in [6.45, 7) is 5.93. The zero-order valence-electron chi connectivity index (χ0n) is 21.3. The molecule has 0 atom stereocenters. The van der Waals surface area contributed by atoms with Crippen molar-refractivity contribution < 1.29 is 13.2 Å². The van der Waals surface area contributed by atoms with E-state index in [1.54, 1.807) is 30.3 Å². The van der Waals surface area contributed by atoms with Gasteiger partial charge in [-0.3, -0.25) is 10.2 Å². The second-order valence-electron chi connectivity index (χ2n) is 9.07. The van der Waals surface area contributed by atoms with Gasteiger partial charge >= 0.3 is 0 Å².